The Balaban J connectivity index is 1.34. The van der Waals surface area contributed by atoms with Gasteiger partial charge in [0.2, 0.25) is 0 Å². The zero-order valence-corrected chi connectivity index (χ0v) is 16.3. The average Bonchev–Trinajstić information content (AvgIpc) is 3.25. The lowest BCUT2D eigenvalue weighted by atomic mass is 9.97. The normalized spacial score (nSPS) is 17.0. The lowest BCUT2D eigenvalue weighted by molar-refractivity contribution is 0.169. The summed E-state index contributed by atoms with van der Waals surface area (Å²) in [6.07, 6.45) is 2.63. The highest BCUT2D eigenvalue weighted by atomic mass is 32.1. The van der Waals surface area contributed by atoms with Gasteiger partial charge in [-0.15, -0.1) is 11.3 Å². The zero-order chi connectivity index (χ0) is 16.8. The van der Waals surface area contributed by atoms with Gasteiger partial charge in [0.05, 0.1) is 5.69 Å². The van der Waals surface area contributed by atoms with Crippen molar-refractivity contribution < 1.29 is 0 Å². The van der Waals surface area contributed by atoms with Gasteiger partial charge in [0.15, 0.2) is 0 Å². The molecule has 1 aliphatic rings. The first-order chi connectivity index (χ1) is 11.7. The Morgan fingerprint density at radius 2 is 2.12 bits per heavy atom. The minimum absolute atomic E-state index is 0.815. The van der Waals surface area contributed by atoms with Crippen LogP contribution in [-0.4, -0.2) is 61.6 Å². The van der Waals surface area contributed by atoms with Gasteiger partial charge in [0.25, 0.3) is 0 Å². The molecule has 132 valence electrons. The first-order valence-corrected chi connectivity index (χ1v) is 10.6. The number of hydrogen-bond donors (Lipinski definition) is 1. The van der Waals surface area contributed by atoms with Crippen molar-refractivity contribution in [3.05, 3.63) is 27.9 Å². The highest BCUT2D eigenvalue weighted by Gasteiger charge is 2.18. The van der Waals surface area contributed by atoms with Gasteiger partial charge in [0.1, 0.15) is 5.01 Å². The molecule has 0 aliphatic carbocycles. The van der Waals surface area contributed by atoms with Gasteiger partial charge in [-0.1, -0.05) is 0 Å². The van der Waals surface area contributed by atoms with E-state index in [0.717, 1.165) is 24.0 Å². The van der Waals surface area contributed by atoms with Crippen molar-refractivity contribution in [2.45, 2.75) is 19.4 Å². The Morgan fingerprint density at radius 1 is 1.29 bits per heavy atom. The third-order valence-electron chi connectivity index (χ3n) is 4.63. The van der Waals surface area contributed by atoms with Crippen LogP contribution in [0.2, 0.25) is 0 Å². The summed E-state index contributed by atoms with van der Waals surface area (Å²) in [7, 11) is 4.30. The van der Waals surface area contributed by atoms with Crippen LogP contribution in [0.5, 0.6) is 0 Å². The van der Waals surface area contributed by atoms with Gasteiger partial charge in [-0.2, -0.15) is 11.3 Å². The smallest absolute Gasteiger partial charge is 0.124 e. The Kier molecular flexibility index (Phi) is 6.80. The summed E-state index contributed by atoms with van der Waals surface area (Å²) in [5, 5.41) is 11.2. The van der Waals surface area contributed by atoms with E-state index < -0.39 is 0 Å². The van der Waals surface area contributed by atoms with Crippen LogP contribution in [0, 0.1) is 5.92 Å². The molecule has 0 saturated carbocycles. The van der Waals surface area contributed by atoms with E-state index in [-0.39, 0.29) is 0 Å². The van der Waals surface area contributed by atoms with Gasteiger partial charge in [-0.05, 0) is 63.9 Å². The number of likely N-dealkylation sites (tertiary alicyclic amines) is 1. The van der Waals surface area contributed by atoms with Crippen LogP contribution in [0.1, 0.15) is 18.5 Å². The van der Waals surface area contributed by atoms with Crippen molar-refractivity contribution in [2.75, 3.05) is 46.8 Å². The Bertz CT molecular complexity index is 586. The number of piperidine rings is 1. The van der Waals surface area contributed by atoms with Gasteiger partial charge in [-0.3, -0.25) is 0 Å². The first-order valence-electron chi connectivity index (χ1n) is 8.75. The topological polar surface area (TPSA) is 31.4 Å². The Labute approximate surface area is 153 Å². The summed E-state index contributed by atoms with van der Waals surface area (Å²) in [6, 6.07) is 2.14. The fourth-order valence-electron chi connectivity index (χ4n) is 3.07. The molecule has 1 aliphatic heterocycles. The summed E-state index contributed by atoms with van der Waals surface area (Å²) in [5.74, 6) is 0.815. The zero-order valence-electron chi connectivity index (χ0n) is 14.7. The van der Waals surface area contributed by atoms with E-state index >= 15 is 0 Å². The molecule has 1 saturated heterocycles. The number of thiophene rings is 1. The molecule has 1 N–H and O–H groups in total. The maximum absolute atomic E-state index is 4.74. The first kappa shape index (κ1) is 18.0. The molecule has 3 rings (SSSR count). The molecular formula is C18H28N4S2. The minimum atomic E-state index is 0.815. The fourth-order valence-corrected chi connectivity index (χ4v) is 4.60. The van der Waals surface area contributed by atoms with E-state index in [1.54, 1.807) is 22.7 Å². The maximum atomic E-state index is 4.74. The molecule has 6 heteroatoms. The van der Waals surface area contributed by atoms with Crippen molar-refractivity contribution >= 4 is 22.7 Å². The van der Waals surface area contributed by atoms with E-state index in [1.165, 1.54) is 50.3 Å². The predicted molar refractivity (Wildman–Crippen MR) is 105 cm³/mol. The van der Waals surface area contributed by atoms with Crippen molar-refractivity contribution in [2.24, 2.45) is 5.92 Å². The molecule has 4 nitrogen and oxygen atoms in total. The van der Waals surface area contributed by atoms with Gasteiger partial charge < -0.3 is 15.1 Å². The van der Waals surface area contributed by atoms with Gasteiger partial charge in [0, 0.05) is 36.0 Å². The van der Waals surface area contributed by atoms with Crippen molar-refractivity contribution in [3.63, 3.8) is 0 Å². The van der Waals surface area contributed by atoms with E-state index in [1.807, 2.05) is 0 Å². The molecule has 2 aromatic heterocycles. The van der Waals surface area contributed by atoms with Crippen molar-refractivity contribution in [3.8, 4) is 10.6 Å². The van der Waals surface area contributed by atoms with Crippen LogP contribution >= 0.6 is 22.7 Å². The summed E-state index contributed by atoms with van der Waals surface area (Å²) in [4.78, 5) is 9.61. The number of hydrogen-bond acceptors (Lipinski definition) is 6. The molecule has 0 bridgehead atoms. The molecule has 2 aromatic rings. The number of nitrogens with one attached hydrogen (secondary N) is 1. The molecule has 0 unspecified atom stereocenters. The van der Waals surface area contributed by atoms with Gasteiger partial charge >= 0.3 is 0 Å². The maximum Gasteiger partial charge on any atom is 0.124 e. The SMILES string of the molecule is CN(C)CCN1CCC(CNCc2csc(-c3ccsc3)n2)CC1. The van der Waals surface area contributed by atoms with E-state index in [2.05, 4.69) is 51.4 Å². The van der Waals surface area contributed by atoms with Crippen LogP contribution in [0.25, 0.3) is 10.6 Å². The molecule has 0 amide bonds. The quantitative estimate of drug-likeness (QED) is 0.779. The second-order valence-corrected chi connectivity index (χ2v) is 8.51. The average molecular weight is 365 g/mol. The van der Waals surface area contributed by atoms with Crippen LogP contribution < -0.4 is 5.32 Å². The molecule has 3 heterocycles. The van der Waals surface area contributed by atoms with Crippen LogP contribution in [-0.2, 0) is 6.54 Å². The summed E-state index contributed by atoms with van der Waals surface area (Å²) in [5.41, 5.74) is 2.42. The fraction of sp³-hybridized carbons (Fsp3) is 0.611. The third kappa shape index (κ3) is 5.36. The molecule has 0 aromatic carbocycles. The number of thiazole rings is 1. The highest BCUT2D eigenvalue weighted by Crippen LogP contribution is 2.25. The molecule has 24 heavy (non-hydrogen) atoms. The number of nitrogens with zero attached hydrogens (tertiary/aromatic N) is 3. The molecule has 0 radical (unpaired) electrons. The lowest BCUT2D eigenvalue weighted by Gasteiger charge is -2.32. The predicted octanol–water partition coefficient (Wildman–Crippen LogP) is 3.23. The van der Waals surface area contributed by atoms with E-state index in [9.17, 15) is 0 Å². The third-order valence-corrected chi connectivity index (χ3v) is 6.25. The van der Waals surface area contributed by atoms with Gasteiger partial charge in [-0.25, -0.2) is 4.98 Å². The van der Waals surface area contributed by atoms with Crippen molar-refractivity contribution in [1.82, 2.24) is 20.1 Å². The Hall–Kier alpha value is -0.790. The Morgan fingerprint density at radius 3 is 2.83 bits per heavy atom. The van der Waals surface area contributed by atoms with Crippen LogP contribution in [0.4, 0.5) is 0 Å². The van der Waals surface area contributed by atoms with Crippen molar-refractivity contribution in [1.29, 1.82) is 0 Å². The highest BCUT2D eigenvalue weighted by molar-refractivity contribution is 7.14. The minimum Gasteiger partial charge on any atom is -0.311 e. The largest absolute Gasteiger partial charge is 0.311 e. The number of likely N-dealkylation sites (N-methyl/N-ethyl adjacent to an activating group) is 1. The number of rotatable bonds is 8. The summed E-state index contributed by atoms with van der Waals surface area (Å²) >= 11 is 3.48. The summed E-state index contributed by atoms with van der Waals surface area (Å²) < 4.78 is 0. The molecule has 1 fully saturated rings. The number of aromatic nitrogens is 1. The second kappa shape index (κ2) is 9.06. The van der Waals surface area contributed by atoms with Crippen LogP contribution in [0.15, 0.2) is 22.2 Å². The monoisotopic (exact) mass is 364 g/mol. The molecule has 0 atom stereocenters. The lowest BCUT2D eigenvalue weighted by Crippen LogP contribution is -2.40. The molecule has 0 spiro atoms. The second-order valence-electron chi connectivity index (χ2n) is 6.88. The van der Waals surface area contributed by atoms with Crippen LogP contribution in [0.3, 0.4) is 0 Å². The van der Waals surface area contributed by atoms with E-state index in [0.29, 0.717) is 0 Å². The standard InChI is InChI=1S/C18H28N4S2/c1-21(2)8-9-22-6-3-15(4-7-22)11-19-12-17-14-24-18(20-17)16-5-10-23-13-16/h5,10,13-15,19H,3-4,6-9,11-12H2,1-2H3. The summed E-state index contributed by atoms with van der Waals surface area (Å²) in [6.45, 7) is 6.88. The molecular weight excluding hydrogens is 336 g/mol. The van der Waals surface area contributed by atoms with E-state index in [4.69, 9.17) is 4.98 Å².